The van der Waals surface area contributed by atoms with E-state index in [9.17, 15) is 0 Å². The van der Waals surface area contributed by atoms with E-state index in [1.165, 1.54) is 27.8 Å². The first-order valence-electron chi connectivity index (χ1n) is 9.13. The number of ether oxygens (including phenoxy) is 1. The molecule has 1 unspecified atom stereocenters. The molecule has 4 aromatic rings. The molecule has 0 radical (unpaired) electrons. The van der Waals surface area contributed by atoms with Crippen molar-refractivity contribution in [2.24, 2.45) is 0 Å². The third-order valence-electron chi connectivity index (χ3n) is 5.44. The van der Waals surface area contributed by atoms with Gasteiger partial charge < -0.3 is 4.74 Å². The molecule has 0 saturated carbocycles. The van der Waals surface area contributed by atoms with E-state index in [4.69, 9.17) is 9.72 Å². The molecule has 0 aliphatic carbocycles. The van der Waals surface area contributed by atoms with Crippen molar-refractivity contribution < 1.29 is 4.74 Å². The van der Waals surface area contributed by atoms with Gasteiger partial charge in [-0.2, -0.15) is 5.10 Å². The molecule has 2 aromatic heterocycles. The van der Waals surface area contributed by atoms with Gasteiger partial charge in [-0.25, -0.2) is 0 Å². The fraction of sp³-hybridized carbons (Fsp3) is 0.273. The summed E-state index contributed by atoms with van der Waals surface area (Å²) in [6, 6.07) is 13.4. The van der Waals surface area contributed by atoms with Crippen molar-refractivity contribution in [2.45, 2.75) is 26.3 Å². The summed E-state index contributed by atoms with van der Waals surface area (Å²) in [6.45, 7) is 5.88. The summed E-state index contributed by atoms with van der Waals surface area (Å²) in [5, 5.41) is 6.87. The van der Waals surface area contributed by atoms with Gasteiger partial charge in [0, 0.05) is 23.6 Å². The maximum atomic E-state index is 5.57. The summed E-state index contributed by atoms with van der Waals surface area (Å²) >= 11 is 0. The first-order chi connectivity index (χ1) is 12.7. The second-order valence-electron chi connectivity index (χ2n) is 7.17. The van der Waals surface area contributed by atoms with Crippen molar-refractivity contribution in [1.29, 1.82) is 0 Å². The Hall–Kier alpha value is -2.72. The Morgan fingerprint density at radius 2 is 1.92 bits per heavy atom. The molecule has 130 valence electrons. The number of aryl methyl sites for hydroxylation is 2. The van der Waals surface area contributed by atoms with Crippen LogP contribution in [0.25, 0.3) is 32.9 Å². The van der Waals surface area contributed by atoms with E-state index in [1.54, 1.807) is 0 Å². The van der Waals surface area contributed by atoms with E-state index in [0.717, 1.165) is 35.9 Å². The molecule has 0 spiro atoms. The van der Waals surface area contributed by atoms with Gasteiger partial charge in [0.15, 0.2) is 0 Å². The van der Waals surface area contributed by atoms with Crippen molar-refractivity contribution in [3.63, 3.8) is 0 Å². The van der Waals surface area contributed by atoms with Gasteiger partial charge in [-0.3, -0.25) is 9.67 Å². The van der Waals surface area contributed by atoms with Crippen molar-refractivity contribution in [3.8, 4) is 11.1 Å². The number of nitrogens with zero attached hydrogens (tertiary/aromatic N) is 3. The van der Waals surface area contributed by atoms with Crippen LogP contribution in [0, 0.1) is 13.8 Å². The Balaban J connectivity index is 1.73. The van der Waals surface area contributed by atoms with Crippen LogP contribution in [-0.4, -0.2) is 28.0 Å². The van der Waals surface area contributed by atoms with E-state index in [1.807, 2.05) is 12.4 Å². The summed E-state index contributed by atoms with van der Waals surface area (Å²) in [7, 11) is 0. The zero-order chi connectivity index (χ0) is 17.7. The lowest BCUT2D eigenvalue weighted by molar-refractivity contribution is 0.185. The van der Waals surface area contributed by atoms with Gasteiger partial charge in [0.2, 0.25) is 0 Å². The third-order valence-corrected chi connectivity index (χ3v) is 5.44. The average Bonchev–Trinajstić information content (AvgIpc) is 3.30. The summed E-state index contributed by atoms with van der Waals surface area (Å²) in [4.78, 5) is 4.71. The van der Waals surface area contributed by atoms with Gasteiger partial charge in [0.05, 0.1) is 29.9 Å². The zero-order valence-corrected chi connectivity index (χ0v) is 15.1. The summed E-state index contributed by atoms with van der Waals surface area (Å²) < 4.78 is 7.70. The number of hydrogen-bond acceptors (Lipinski definition) is 3. The number of fused-ring (bicyclic) bond motifs is 3. The highest BCUT2D eigenvalue weighted by atomic mass is 16.5. The van der Waals surface area contributed by atoms with Crippen molar-refractivity contribution >= 4 is 21.8 Å². The lowest BCUT2D eigenvalue weighted by Crippen LogP contribution is -2.10. The maximum Gasteiger partial charge on any atom is 0.0796 e. The largest absolute Gasteiger partial charge is 0.379 e. The minimum Gasteiger partial charge on any atom is -0.379 e. The summed E-state index contributed by atoms with van der Waals surface area (Å²) in [5.41, 5.74) is 7.28. The maximum absolute atomic E-state index is 5.57. The second-order valence-corrected chi connectivity index (χ2v) is 7.17. The molecule has 2 aromatic carbocycles. The molecule has 1 saturated heterocycles. The monoisotopic (exact) mass is 343 g/mol. The molecule has 5 rings (SSSR count). The molecule has 0 amide bonds. The lowest BCUT2D eigenvalue weighted by atomic mass is 9.95. The zero-order valence-electron chi connectivity index (χ0n) is 15.1. The molecule has 0 bridgehead atoms. The Bertz CT molecular complexity index is 1100. The molecule has 1 atom stereocenters. The number of pyridine rings is 1. The van der Waals surface area contributed by atoms with E-state index < -0.39 is 0 Å². The molecule has 0 N–H and O–H groups in total. The van der Waals surface area contributed by atoms with Crippen LogP contribution in [-0.2, 0) is 4.74 Å². The number of hydrogen-bond donors (Lipinski definition) is 0. The van der Waals surface area contributed by atoms with Gasteiger partial charge in [-0.15, -0.1) is 0 Å². The fourth-order valence-electron chi connectivity index (χ4n) is 4.14. The van der Waals surface area contributed by atoms with Crippen molar-refractivity contribution in [3.05, 3.63) is 59.9 Å². The Morgan fingerprint density at radius 1 is 1.08 bits per heavy atom. The molecular weight excluding hydrogens is 322 g/mol. The predicted molar refractivity (Wildman–Crippen MR) is 104 cm³/mol. The molecule has 1 aliphatic heterocycles. The third kappa shape index (κ3) is 2.33. The van der Waals surface area contributed by atoms with Gasteiger partial charge in [0.1, 0.15) is 0 Å². The Morgan fingerprint density at radius 3 is 2.69 bits per heavy atom. The average molecular weight is 343 g/mol. The van der Waals surface area contributed by atoms with Gasteiger partial charge >= 0.3 is 0 Å². The molecule has 4 heteroatoms. The highest BCUT2D eigenvalue weighted by Crippen LogP contribution is 2.33. The smallest absolute Gasteiger partial charge is 0.0796 e. The molecule has 3 heterocycles. The SMILES string of the molecule is Cc1cccc(C)c1-c1ccc2c(c1)ncc1cnn(C3CCOC3)c12. The molecule has 1 fully saturated rings. The Kier molecular flexibility index (Phi) is 3.54. The molecule has 4 nitrogen and oxygen atoms in total. The second kappa shape index (κ2) is 5.92. The lowest BCUT2D eigenvalue weighted by Gasteiger charge is -2.13. The topological polar surface area (TPSA) is 39.9 Å². The van der Waals surface area contributed by atoms with Gasteiger partial charge in [-0.1, -0.05) is 30.3 Å². The minimum absolute atomic E-state index is 0.316. The van der Waals surface area contributed by atoms with Crippen molar-refractivity contribution in [2.75, 3.05) is 13.2 Å². The van der Waals surface area contributed by atoms with Crippen molar-refractivity contribution in [1.82, 2.24) is 14.8 Å². The fourth-order valence-corrected chi connectivity index (χ4v) is 4.14. The van der Waals surface area contributed by atoms with Crippen LogP contribution in [0.5, 0.6) is 0 Å². The normalized spacial score (nSPS) is 17.4. The Labute approximate surface area is 152 Å². The number of aromatic nitrogens is 3. The predicted octanol–water partition coefficient (Wildman–Crippen LogP) is 4.83. The van der Waals surface area contributed by atoms with Crippen LogP contribution >= 0.6 is 0 Å². The quantitative estimate of drug-likeness (QED) is 0.523. The minimum atomic E-state index is 0.316. The highest BCUT2D eigenvalue weighted by Gasteiger charge is 2.21. The van der Waals surface area contributed by atoms with Crippen LogP contribution in [0.15, 0.2) is 48.8 Å². The molecule has 1 aliphatic rings. The molecular formula is C22H21N3O. The van der Waals surface area contributed by atoms with Crippen LogP contribution in [0.3, 0.4) is 0 Å². The van der Waals surface area contributed by atoms with Crippen LogP contribution in [0.4, 0.5) is 0 Å². The highest BCUT2D eigenvalue weighted by molar-refractivity contribution is 6.04. The van der Waals surface area contributed by atoms with Gasteiger partial charge in [-0.05, 0) is 48.6 Å². The number of rotatable bonds is 2. The van der Waals surface area contributed by atoms with E-state index in [2.05, 4.69) is 60.0 Å². The van der Waals surface area contributed by atoms with E-state index >= 15 is 0 Å². The summed E-state index contributed by atoms with van der Waals surface area (Å²) in [6.07, 6.45) is 4.87. The summed E-state index contributed by atoms with van der Waals surface area (Å²) in [5.74, 6) is 0. The van der Waals surface area contributed by atoms with Crippen LogP contribution in [0.2, 0.25) is 0 Å². The van der Waals surface area contributed by atoms with Crippen LogP contribution < -0.4 is 0 Å². The van der Waals surface area contributed by atoms with Gasteiger partial charge in [0.25, 0.3) is 0 Å². The van der Waals surface area contributed by atoms with E-state index in [-0.39, 0.29) is 0 Å². The first-order valence-corrected chi connectivity index (χ1v) is 9.13. The standard InChI is InChI=1S/C22H21N3O/c1-14-4-3-5-15(2)21(14)16-6-7-19-20(10-16)23-11-17-12-24-25(22(17)19)18-8-9-26-13-18/h3-7,10-12,18H,8-9,13H2,1-2H3. The van der Waals surface area contributed by atoms with Crippen LogP contribution in [0.1, 0.15) is 23.6 Å². The first kappa shape index (κ1) is 15.5. The molecule has 26 heavy (non-hydrogen) atoms. The number of benzene rings is 2. The van der Waals surface area contributed by atoms with E-state index in [0.29, 0.717) is 6.04 Å².